The lowest BCUT2D eigenvalue weighted by molar-refractivity contribution is 0.00578. The lowest BCUT2D eigenvalue weighted by Crippen LogP contribution is -2.41. The predicted molar refractivity (Wildman–Crippen MR) is 131 cm³/mol. The Balaban J connectivity index is 1.65. The standard InChI is InChI=1S/C28H27BO2/c1-27(2)28(3,4)31-29(30-27)26-15-8-7-13-25(26)22-18-16-21(17-19-22)24-14-9-11-20-10-5-6-12-23(20)24/h5-19H,1-4H3/i7D,8D,13D,15D. The molecular formula is C28H27BO2. The molecule has 1 fully saturated rings. The molecule has 154 valence electrons. The highest BCUT2D eigenvalue weighted by molar-refractivity contribution is 6.63. The summed E-state index contributed by atoms with van der Waals surface area (Å²) in [5, 5.41) is 2.32. The summed E-state index contributed by atoms with van der Waals surface area (Å²) >= 11 is 0. The molecule has 0 aliphatic carbocycles. The summed E-state index contributed by atoms with van der Waals surface area (Å²) in [6.45, 7) is 7.71. The number of rotatable bonds is 3. The van der Waals surface area contributed by atoms with Crippen LogP contribution in [0.5, 0.6) is 0 Å². The molecule has 1 aliphatic heterocycles. The Morgan fingerprint density at radius 3 is 1.97 bits per heavy atom. The molecule has 0 atom stereocenters. The van der Waals surface area contributed by atoms with Gasteiger partial charge in [0.1, 0.15) is 0 Å². The Bertz CT molecular complexity index is 1430. The maximum absolute atomic E-state index is 8.70. The molecule has 0 amide bonds. The van der Waals surface area contributed by atoms with Crippen LogP contribution in [0.2, 0.25) is 0 Å². The van der Waals surface area contributed by atoms with Gasteiger partial charge in [-0.25, -0.2) is 0 Å². The minimum atomic E-state index is -0.908. The largest absolute Gasteiger partial charge is 0.495 e. The number of hydrogen-bond donors (Lipinski definition) is 0. The van der Waals surface area contributed by atoms with Crippen LogP contribution in [0.1, 0.15) is 33.2 Å². The third-order valence-corrected chi connectivity index (χ3v) is 6.48. The first-order valence-electron chi connectivity index (χ1n) is 12.6. The van der Waals surface area contributed by atoms with Crippen molar-refractivity contribution in [1.82, 2.24) is 0 Å². The second kappa shape index (κ2) is 7.37. The summed E-state index contributed by atoms with van der Waals surface area (Å²) in [5.41, 5.74) is 2.28. The molecule has 3 heteroatoms. The van der Waals surface area contributed by atoms with E-state index in [0.717, 1.165) is 21.9 Å². The SMILES string of the molecule is [2H]c1c([2H])c([2H])c(-c2ccc(-c3cccc4ccccc34)cc2)c(B2OC(C)(C)C(C)(C)O2)c1[2H]. The van der Waals surface area contributed by atoms with Gasteiger partial charge in [0.15, 0.2) is 0 Å². The molecule has 0 aromatic heterocycles. The predicted octanol–water partition coefficient (Wildman–Crippen LogP) is 6.47. The molecule has 4 aromatic rings. The highest BCUT2D eigenvalue weighted by atomic mass is 16.7. The van der Waals surface area contributed by atoms with E-state index < -0.39 is 18.3 Å². The summed E-state index contributed by atoms with van der Waals surface area (Å²) in [6.07, 6.45) is 0. The average molecular weight is 410 g/mol. The van der Waals surface area contributed by atoms with Gasteiger partial charge in [0.2, 0.25) is 0 Å². The van der Waals surface area contributed by atoms with Crippen LogP contribution in [0.4, 0.5) is 0 Å². The average Bonchev–Trinajstić information content (AvgIpc) is 3.06. The molecule has 1 heterocycles. The van der Waals surface area contributed by atoms with Crippen molar-refractivity contribution in [2.75, 3.05) is 0 Å². The normalized spacial score (nSPS) is 19.0. The van der Waals surface area contributed by atoms with Crippen LogP contribution in [0.15, 0.2) is 90.9 Å². The third kappa shape index (κ3) is 3.48. The summed E-state index contributed by atoms with van der Waals surface area (Å²) < 4.78 is 46.3. The smallest absolute Gasteiger partial charge is 0.399 e. The first-order chi connectivity index (χ1) is 16.5. The molecule has 0 saturated carbocycles. The molecule has 31 heavy (non-hydrogen) atoms. The Labute approximate surface area is 190 Å². The number of hydrogen-bond acceptors (Lipinski definition) is 2. The highest BCUT2D eigenvalue weighted by Crippen LogP contribution is 2.37. The van der Waals surface area contributed by atoms with Crippen LogP contribution >= 0.6 is 0 Å². The van der Waals surface area contributed by atoms with E-state index in [-0.39, 0.29) is 24.2 Å². The van der Waals surface area contributed by atoms with Gasteiger partial charge in [0.25, 0.3) is 0 Å². The molecule has 0 unspecified atom stereocenters. The van der Waals surface area contributed by atoms with Gasteiger partial charge in [-0.3, -0.25) is 0 Å². The van der Waals surface area contributed by atoms with E-state index in [4.69, 9.17) is 14.8 Å². The second-order valence-electron chi connectivity index (χ2n) is 8.98. The lowest BCUT2D eigenvalue weighted by Gasteiger charge is -2.32. The van der Waals surface area contributed by atoms with Crippen molar-refractivity contribution in [2.24, 2.45) is 0 Å². The van der Waals surface area contributed by atoms with Crippen LogP contribution in [-0.2, 0) is 9.31 Å². The summed E-state index contributed by atoms with van der Waals surface area (Å²) in [5.74, 6) is 0. The lowest BCUT2D eigenvalue weighted by atomic mass is 9.74. The van der Waals surface area contributed by atoms with Gasteiger partial charge in [-0.15, -0.1) is 0 Å². The van der Waals surface area contributed by atoms with Gasteiger partial charge in [0, 0.05) is 0 Å². The fraction of sp³-hybridized carbons (Fsp3) is 0.214. The van der Waals surface area contributed by atoms with Gasteiger partial charge in [-0.2, -0.15) is 0 Å². The topological polar surface area (TPSA) is 18.5 Å². The zero-order chi connectivity index (χ0) is 25.1. The zero-order valence-electron chi connectivity index (χ0n) is 22.2. The Hall–Kier alpha value is -2.88. The van der Waals surface area contributed by atoms with Gasteiger partial charge in [-0.1, -0.05) is 90.9 Å². The maximum atomic E-state index is 8.70. The van der Waals surface area contributed by atoms with Gasteiger partial charge < -0.3 is 9.31 Å². The van der Waals surface area contributed by atoms with Crippen molar-refractivity contribution in [1.29, 1.82) is 0 Å². The van der Waals surface area contributed by atoms with E-state index in [1.807, 2.05) is 70.2 Å². The van der Waals surface area contributed by atoms with Crippen molar-refractivity contribution in [3.63, 3.8) is 0 Å². The quantitative estimate of drug-likeness (QED) is 0.360. The van der Waals surface area contributed by atoms with Crippen molar-refractivity contribution in [3.8, 4) is 22.3 Å². The van der Waals surface area contributed by atoms with Crippen molar-refractivity contribution >= 4 is 23.4 Å². The monoisotopic (exact) mass is 410 g/mol. The minimum Gasteiger partial charge on any atom is -0.399 e. The molecule has 0 N–H and O–H groups in total. The molecular weight excluding hydrogens is 379 g/mol. The zero-order valence-corrected chi connectivity index (χ0v) is 18.2. The Morgan fingerprint density at radius 1 is 0.677 bits per heavy atom. The van der Waals surface area contributed by atoms with Crippen LogP contribution in [-0.4, -0.2) is 18.3 Å². The molecule has 1 aliphatic rings. The van der Waals surface area contributed by atoms with Crippen molar-refractivity contribution < 1.29 is 14.8 Å². The highest BCUT2D eigenvalue weighted by Gasteiger charge is 2.52. The van der Waals surface area contributed by atoms with E-state index >= 15 is 0 Å². The van der Waals surface area contributed by atoms with E-state index in [1.165, 1.54) is 0 Å². The molecule has 2 nitrogen and oxygen atoms in total. The summed E-state index contributed by atoms with van der Waals surface area (Å²) in [4.78, 5) is 0. The minimum absolute atomic E-state index is 0.103. The fourth-order valence-electron chi connectivity index (χ4n) is 3.98. The van der Waals surface area contributed by atoms with Gasteiger partial charge in [-0.05, 0) is 66.2 Å². The molecule has 5 rings (SSSR count). The van der Waals surface area contributed by atoms with Crippen molar-refractivity contribution in [3.05, 3.63) is 90.9 Å². The maximum Gasteiger partial charge on any atom is 0.495 e. The van der Waals surface area contributed by atoms with Crippen LogP contribution in [0, 0.1) is 0 Å². The van der Waals surface area contributed by atoms with E-state index in [0.29, 0.717) is 16.6 Å². The first-order valence-corrected chi connectivity index (χ1v) is 10.6. The van der Waals surface area contributed by atoms with Crippen LogP contribution < -0.4 is 5.46 Å². The molecule has 0 bridgehead atoms. The molecule has 0 spiro atoms. The fourth-order valence-corrected chi connectivity index (χ4v) is 3.98. The summed E-state index contributed by atoms with van der Waals surface area (Å²) in [6, 6.07) is 21.4. The molecule has 4 aromatic carbocycles. The number of benzene rings is 4. The van der Waals surface area contributed by atoms with Gasteiger partial charge >= 0.3 is 7.12 Å². The molecule has 1 saturated heterocycles. The van der Waals surface area contributed by atoms with E-state index in [1.54, 1.807) is 0 Å². The Kier molecular flexibility index (Phi) is 3.77. The molecule has 0 radical (unpaired) electrons. The Morgan fingerprint density at radius 2 is 1.26 bits per heavy atom. The second-order valence-corrected chi connectivity index (χ2v) is 8.98. The van der Waals surface area contributed by atoms with Gasteiger partial charge in [0.05, 0.1) is 16.7 Å². The first kappa shape index (κ1) is 15.9. The van der Waals surface area contributed by atoms with Crippen LogP contribution in [0.3, 0.4) is 0 Å². The third-order valence-electron chi connectivity index (χ3n) is 6.48. The van der Waals surface area contributed by atoms with Crippen LogP contribution in [0.25, 0.3) is 33.0 Å². The summed E-state index contributed by atoms with van der Waals surface area (Å²) in [7, 11) is -0.908. The van der Waals surface area contributed by atoms with E-state index in [9.17, 15) is 0 Å². The van der Waals surface area contributed by atoms with Crippen molar-refractivity contribution in [2.45, 2.75) is 38.9 Å². The van der Waals surface area contributed by atoms with E-state index in [2.05, 4.69) is 24.3 Å². The number of fused-ring (bicyclic) bond motifs is 1.